The van der Waals surface area contributed by atoms with Gasteiger partial charge in [0.25, 0.3) is 10.0 Å². The summed E-state index contributed by atoms with van der Waals surface area (Å²) in [5.41, 5.74) is 2.84. The fourth-order valence-corrected chi connectivity index (χ4v) is 4.37. The van der Waals surface area contributed by atoms with Crippen LogP contribution in [0.4, 0.5) is 17.2 Å². The van der Waals surface area contributed by atoms with E-state index in [0.29, 0.717) is 10.7 Å². The Bertz CT molecular complexity index is 1050. The molecule has 132 valence electrons. The molecule has 0 spiro atoms. The topological polar surface area (TPSA) is 62.3 Å². The van der Waals surface area contributed by atoms with Gasteiger partial charge in [-0.25, -0.2) is 13.4 Å². The number of hydrogen-bond donors (Lipinski definition) is 1. The number of pyridine rings is 1. The van der Waals surface area contributed by atoms with E-state index in [2.05, 4.69) is 26.7 Å². The molecule has 0 saturated carbocycles. The number of para-hydroxylation sites is 1. The van der Waals surface area contributed by atoms with Gasteiger partial charge in [-0.1, -0.05) is 35.9 Å². The average molecular weight is 386 g/mol. The molecule has 0 fully saturated rings. The molecular weight excluding hydrogens is 370 g/mol. The van der Waals surface area contributed by atoms with Gasteiger partial charge in [-0.2, -0.15) is 0 Å². The van der Waals surface area contributed by atoms with Gasteiger partial charge in [0.1, 0.15) is 5.82 Å². The zero-order valence-corrected chi connectivity index (χ0v) is 15.3. The minimum atomic E-state index is -3.70. The maximum absolute atomic E-state index is 12.5. The maximum atomic E-state index is 12.5. The lowest BCUT2D eigenvalue weighted by Crippen LogP contribution is -2.16. The van der Waals surface area contributed by atoms with E-state index in [0.717, 1.165) is 24.5 Å². The summed E-state index contributed by atoms with van der Waals surface area (Å²) in [4.78, 5) is 6.67. The quantitative estimate of drug-likeness (QED) is 0.730. The van der Waals surface area contributed by atoms with E-state index < -0.39 is 10.0 Å². The first-order chi connectivity index (χ1) is 12.5. The molecule has 2 aromatic carbocycles. The Labute approximate surface area is 157 Å². The Balaban J connectivity index is 1.56. The van der Waals surface area contributed by atoms with Crippen molar-refractivity contribution < 1.29 is 8.42 Å². The van der Waals surface area contributed by atoms with Crippen LogP contribution in [-0.2, 0) is 16.4 Å². The van der Waals surface area contributed by atoms with Crippen LogP contribution < -0.4 is 9.62 Å². The largest absolute Gasteiger partial charge is 0.326 e. The number of nitrogens with zero attached hydrogens (tertiary/aromatic N) is 2. The molecule has 26 heavy (non-hydrogen) atoms. The van der Waals surface area contributed by atoms with Crippen LogP contribution in [-0.4, -0.2) is 19.9 Å². The van der Waals surface area contributed by atoms with Crippen LogP contribution in [0.5, 0.6) is 0 Å². The highest BCUT2D eigenvalue weighted by Crippen LogP contribution is 2.33. The predicted molar refractivity (Wildman–Crippen MR) is 104 cm³/mol. The van der Waals surface area contributed by atoms with Gasteiger partial charge in [0.15, 0.2) is 0 Å². The highest BCUT2D eigenvalue weighted by molar-refractivity contribution is 7.92. The van der Waals surface area contributed by atoms with Gasteiger partial charge in [0.2, 0.25) is 0 Å². The first-order valence-corrected chi connectivity index (χ1v) is 9.99. The fourth-order valence-electron chi connectivity index (χ4n) is 3.03. The second-order valence-corrected chi connectivity index (χ2v) is 8.12. The Hall–Kier alpha value is -2.57. The maximum Gasteiger partial charge on any atom is 0.261 e. The van der Waals surface area contributed by atoms with E-state index in [4.69, 9.17) is 11.6 Å². The van der Waals surface area contributed by atoms with E-state index >= 15 is 0 Å². The van der Waals surface area contributed by atoms with Gasteiger partial charge in [0.05, 0.1) is 16.8 Å². The lowest BCUT2D eigenvalue weighted by Gasteiger charge is -2.18. The first-order valence-electron chi connectivity index (χ1n) is 8.13. The van der Waals surface area contributed by atoms with Crippen LogP contribution in [0.2, 0.25) is 5.02 Å². The molecule has 0 aliphatic carbocycles. The molecule has 5 nitrogen and oxygen atoms in total. The molecule has 0 unspecified atom stereocenters. The molecule has 7 heteroatoms. The highest BCUT2D eigenvalue weighted by atomic mass is 35.5. The van der Waals surface area contributed by atoms with Gasteiger partial charge >= 0.3 is 0 Å². The van der Waals surface area contributed by atoms with Crippen molar-refractivity contribution in [3.05, 3.63) is 77.4 Å². The molecule has 0 bridgehead atoms. The van der Waals surface area contributed by atoms with E-state index in [1.165, 1.54) is 23.9 Å². The van der Waals surface area contributed by atoms with Crippen LogP contribution in [0.1, 0.15) is 5.56 Å². The molecule has 2 heterocycles. The summed E-state index contributed by atoms with van der Waals surface area (Å²) < 4.78 is 27.4. The Morgan fingerprint density at radius 1 is 1.04 bits per heavy atom. The van der Waals surface area contributed by atoms with E-state index in [9.17, 15) is 8.42 Å². The number of aromatic nitrogens is 1. The summed E-state index contributed by atoms with van der Waals surface area (Å²) in [6.45, 7) is 0.861. The summed E-state index contributed by atoms with van der Waals surface area (Å²) in [6.07, 6.45) is 2.50. The number of nitrogens with one attached hydrogen (secondary N) is 1. The third-order valence-corrected chi connectivity index (χ3v) is 5.88. The third-order valence-electron chi connectivity index (χ3n) is 4.27. The number of benzene rings is 2. The van der Waals surface area contributed by atoms with Crippen molar-refractivity contribution in [3.8, 4) is 0 Å². The number of hydrogen-bond acceptors (Lipinski definition) is 4. The molecule has 0 amide bonds. The third kappa shape index (κ3) is 3.25. The van der Waals surface area contributed by atoms with Gasteiger partial charge in [-0.05, 0) is 48.4 Å². The van der Waals surface area contributed by atoms with Crippen LogP contribution in [0.3, 0.4) is 0 Å². The molecule has 1 aliphatic heterocycles. The minimum absolute atomic E-state index is 0.113. The second kappa shape index (κ2) is 6.63. The summed E-state index contributed by atoms with van der Waals surface area (Å²) in [5, 5.41) is 0.369. The van der Waals surface area contributed by atoms with E-state index in [-0.39, 0.29) is 4.90 Å². The normalized spacial score (nSPS) is 13.5. The SMILES string of the molecule is O=S(=O)(Nc1ccc(N2CCc3ccccc32)nc1)c1cccc(Cl)c1. The van der Waals surface area contributed by atoms with Crippen molar-refractivity contribution in [2.45, 2.75) is 11.3 Å². The van der Waals surface area contributed by atoms with E-state index in [1.54, 1.807) is 18.2 Å². The lowest BCUT2D eigenvalue weighted by atomic mass is 10.2. The van der Waals surface area contributed by atoms with Crippen molar-refractivity contribution in [1.29, 1.82) is 0 Å². The summed E-state index contributed by atoms with van der Waals surface area (Å²) >= 11 is 5.88. The Morgan fingerprint density at radius 2 is 1.88 bits per heavy atom. The standard InChI is InChI=1S/C19H16ClN3O2S/c20-15-5-3-6-17(12-15)26(24,25)22-16-8-9-19(21-13-16)23-11-10-14-4-1-2-7-18(14)23/h1-9,12-13,22H,10-11H2. The molecular formula is C19H16ClN3O2S. The highest BCUT2D eigenvalue weighted by Gasteiger charge is 2.21. The number of sulfonamides is 1. The lowest BCUT2D eigenvalue weighted by molar-refractivity contribution is 0.601. The number of anilines is 3. The molecule has 1 aromatic heterocycles. The minimum Gasteiger partial charge on any atom is -0.326 e. The molecule has 0 atom stereocenters. The van der Waals surface area contributed by atoms with Crippen molar-refractivity contribution in [2.24, 2.45) is 0 Å². The Kier molecular flexibility index (Phi) is 4.30. The zero-order chi connectivity index (χ0) is 18.1. The first kappa shape index (κ1) is 16.9. The van der Waals surface area contributed by atoms with Crippen LogP contribution in [0.15, 0.2) is 71.8 Å². The van der Waals surface area contributed by atoms with Crippen molar-refractivity contribution in [1.82, 2.24) is 4.98 Å². The summed E-state index contributed by atoms with van der Waals surface area (Å²) in [6, 6.07) is 17.9. The summed E-state index contributed by atoms with van der Waals surface area (Å²) in [7, 11) is -3.70. The molecule has 1 N–H and O–H groups in total. The molecule has 3 aromatic rings. The van der Waals surface area contributed by atoms with Crippen LogP contribution in [0.25, 0.3) is 0 Å². The molecule has 0 saturated heterocycles. The van der Waals surface area contributed by atoms with Gasteiger partial charge in [0, 0.05) is 17.3 Å². The van der Waals surface area contributed by atoms with Crippen molar-refractivity contribution >= 4 is 38.8 Å². The van der Waals surface area contributed by atoms with Crippen molar-refractivity contribution in [2.75, 3.05) is 16.2 Å². The number of halogens is 1. The predicted octanol–water partition coefficient (Wildman–Crippen LogP) is 4.23. The number of fused-ring (bicyclic) bond motifs is 1. The zero-order valence-electron chi connectivity index (χ0n) is 13.8. The van der Waals surface area contributed by atoms with Gasteiger partial charge in [-0.15, -0.1) is 0 Å². The van der Waals surface area contributed by atoms with Gasteiger partial charge < -0.3 is 4.90 Å². The molecule has 1 aliphatic rings. The molecule has 0 radical (unpaired) electrons. The van der Waals surface area contributed by atoms with E-state index in [1.807, 2.05) is 18.2 Å². The van der Waals surface area contributed by atoms with Crippen LogP contribution >= 0.6 is 11.6 Å². The van der Waals surface area contributed by atoms with Crippen LogP contribution in [0, 0.1) is 0 Å². The average Bonchev–Trinajstić information content (AvgIpc) is 3.06. The molecule has 4 rings (SSSR count). The van der Waals surface area contributed by atoms with Gasteiger partial charge in [-0.3, -0.25) is 4.72 Å². The smallest absolute Gasteiger partial charge is 0.261 e. The van der Waals surface area contributed by atoms with Crippen molar-refractivity contribution in [3.63, 3.8) is 0 Å². The second-order valence-electron chi connectivity index (χ2n) is 6.00. The fraction of sp³-hybridized carbons (Fsp3) is 0.105. The summed E-state index contributed by atoms with van der Waals surface area (Å²) in [5.74, 6) is 0.792. The number of rotatable bonds is 4. The monoisotopic (exact) mass is 385 g/mol. The Morgan fingerprint density at radius 3 is 2.65 bits per heavy atom.